The highest BCUT2D eigenvalue weighted by Crippen LogP contribution is 2.20. The van der Waals surface area contributed by atoms with Crippen molar-refractivity contribution in [2.24, 2.45) is 0 Å². The normalized spacial score (nSPS) is 14.2. The molecule has 1 unspecified atom stereocenters. The summed E-state index contributed by atoms with van der Waals surface area (Å²) in [4.78, 5) is 12.4. The molecule has 0 saturated heterocycles. The fraction of sp³-hybridized carbons (Fsp3) is 0.562. The Bertz CT molecular complexity index is 389. The third-order valence-electron chi connectivity index (χ3n) is 3.18. The van der Waals surface area contributed by atoms with E-state index in [0.717, 1.165) is 5.56 Å². The lowest BCUT2D eigenvalue weighted by atomic mass is 9.87. The summed E-state index contributed by atoms with van der Waals surface area (Å²) in [7, 11) is 0. The molecule has 0 aliphatic carbocycles. The van der Waals surface area contributed by atoms with Crippen LogP contribution in [0.1, 0.15) is 39.7 Å². The Labute approximate surface area is 116 Å². The van der Waals surface area contributed by atoms with Gasteiger partial charge < -0.3 is 4.74 Å². The van der Waals surface area contributed by atoms with Crippen molar-refractivity contribution in [3.63, 3.8) is 0 Å². The molecule has 1 N–H and O–H groups in total. The van der Waals surface area contributed by atoms with Crippen molar-refractivity contribution in [3.8, 4) is 0 Å². The minimum atomic E-state index is -0.633. The van der Waals surface area contributed by atoms with Gasteiger partial charge in [-0.25, -0.2) is 0 Å². The maximum absolute atomic E-state index is 12.4. The summed E-state index contributed by atoms with van der Waals surface area (Å²) >= 11 is 0. The van der Waals surface area contributed by atoms with Gasteiger partial charge >= 0.3 is 5.97 Å². The first kappa shape index (κ1) is 15.7. The molecule has 0 amide bonds. The first-order valence-electron chi connectivity index (χ1n) is 7.03. The highest BCUT2D eigenvalue weighted by Gasteiger charge is 2.38. The molecule has 19 heavy (non-hydrogen) atoms. The number of rotatable bonds is 7. The molecule has 0 aliphatic rings. The zero-order valence-corrected chi connectivity index (χ0v) is 12.4. The molecule has 0 bridgehead atoms. The molecule has 1 atom stereocenters. The number of hydrogen-bond acceptors (Lipinski definition) is 3. The van der Waals surface area contributed by atoms with Gasteiger partial charge in [0.15, 0.2) is 0 Å². The Balaban J connectivity index is 2.98. The highest BCUT2D eigenvalue weighted by molar-refractivity contribution is 5.81. The summed E-state index contributed by atoms with van der Waals surface area (Å²) in [6, 6.07) is 10.3. The Hall–Kier alpha value is -1.35. The van der Waals surface area contributed by atoms with Crippen LogP contribution in [0.5, 0.6) is 0 Å². The summed E-state index contributed by atoms with van der Waals surface area (Å²) < 4.78 is 5.27. The molecule has 0 saturated carbocycles. The number of ether oxygens (including phenoxy) is 1. The van der Waals surface area contributed by atoms with Gasteiger partial charge in [0, 0.05) is 12.5 Å². The van der Waals surface area contributed by atoms with Gasteiger partial charge in [-0.2, -0.15) is 0 Å². The molecule has 3 heteroatoms. The molecule has 0 radical (unpaired) electrons. The maximum atomic E-state index is 12.4. The quantitative estimate of drug-likeness (QED) is 0.769. The van der Waals surface area contributed by atoms with Gasteiger partial charge in [-0.15, -0.1) is 0 Å². The molecule has 0 heterocycles. The molecular weight excluding hydrogens is 238 g/mol. The van der Waals surface area contributed by atoms with E-state index in [0.29, 0.717) is 19.4 Å². The Morgan fingerprint density at radius 1 is 1.26 bits per heavy atom. The molecule has 0 aliphatic heterocycles. The van der Waals surface area contributed by atoms with Gasteiger partial charge in [0.1, 0.15) is 5.54 Å². The van der Waals surface area contributed by atoms with E-state index < -0.39 is 5.54 Å². The van der Waals surface area contributed by atoms with Crippen molar-refractivity contribution in [1.29, 1.82) is 0 Å². The van der Waals surface area contributed by atoms with E-state index in [9.17, 15) is 4.79 Å². The van der Waals surface area contributed by atoms with Crippen LogP contribution in [0, 0.1) is 0 Å². The molecule has 0 aromatic heterocycles. The summed E-state index contributed by atoms with van der Waals surface area (Å²) in [5, 5.41) is 3.40. The molecule has 0 fully saturated rings. The van der Waals surface area contributed by atoms with Crippen LogP contribution in [0.25, 0.3) is 0 Å². The fourth-order valence-electron chi connectivity index (χ4n) is 2.32. The van der Waals surface area contributed by atoms with Gasteiger partial charge in [0.2, 0.25) is 0 Å². The zero-order valence-electron chi connectivity index (χ0n) is 12.4. The smallest absolute Gasteiger partial charge is 0.326 e. The SMILES string of the molecule is CCOC(=O)C(CC)(Cc1ccccc1)NC(C)C. The molecule has 1 aromatic rings. The second-order valence-electron chi connectivity index (χ2n) is 5.12. The minimum Gasteiger partial charge on any atom is -0.465 e. The fourth-order valence-corrected chi connectivity index (χ4v) is 2.32. The predicted molar refractivity (Wildman–Crippen MR) is 78.1 cm³/mol. The number of benzene rings is 1. The topological polar surface area (TPSA) is 38.3 Å². The van der Waals surface area contributed by atoms with E-state index in [-0.39, 0.29) is 12.0 Å². The molecular formula is C16H25NO2. The van der Waals surface area contributed by atoms with Gasteiger partial charge in [0.05, 0.1) is 6.61 Å². The lowest BCUT2D eigenvalue weighted by molar-refractivity contribution is -0.151. The summed E-state index contributed by atoms with van der Waals surface area (Å²) in [5.74, 6) is -0.157. The Morgan fingerprint density at radius 3 is 2.37 bits per heavy atom. The third kappa shape index (κ3) is 4.35. The van der Waals surface area contributed by atoms with Crippen LogP contribution in [0.3, 0.4) is 0 Å². The third-order valence-corrected chi connectivity index (χ3v) is 3.18. The molecule has 1 rings (SSSR count). The van der Waals surface area contributed by atoms with E-state index >= 15 is 0 Å². The molecule has 3 nitrogen and oxygen atoms in total. The van der Waals surface area contributed by atoms with E-state index in [2.05, 4.69) is 19.2 Å². The molecule has 106 valence electrons. The highest BCUT2D eigenvalue weighted by atomic mass is 16.5. The van der Waals surface area contributed by atoms with E-state index in [4.69, 9.17) is 4.74 Å². The van der Waals surface area contributed by atoms with E-state index in [1.165, 1.54) is 0 Å². The molecule has 1 aromatic carbocycles. The minimum absolute atomic E-state index is 0.157. The average Bonchev–Trinajstić information content (AvgIpc) is 2.38. The van der Waals surface area contributed by atoms with Crippen molar-refractivity contribution in [3.05, 3.63) is 35.9 Å². The second-order valence-corrected chi connectivity index (χ2v) is 5.12. The van der Waals surface area contributed by atoms with Crippen LogP contribution in [0.4, 0.5) is 0 Å². The number of hydrogen-bond donors (Lipinski definition) is 1. The second kappa shape index (κ2) is 7.29. The largest absolute Gasteiger partial charge is 0.465 e. The Morgan fingerprint density at radius 2 is 1.89 bits per heavy atom. The molecule has 0 spiro atoms. The van der Waals surface area contributed by atoms with Crippen LogP contribution in [-0.4, -0.2) is 24.2 Å². The summed E-state index contributed by atoms with van der Waals surface area (Å²) in [5.41, 5.74) is 0.511. The number of esters is 1. The maximum Gasteiger partial charge on any atom is 0.326 e. The average molecular weight is 263 g/mol. The van der Waals surface area contributed by atoms with Crippen LogP contribution in [-0.2, 0) is 16.0 Å². The lowest BCUT2D eigenvalue weighted by Gasteiger charge is -2.33. The first-order chi connectivity index (χ1) is 9.04. The van der Waals surface area contributed by atoms with Crippen molar-refractivity contribution < 1.29 is 9.53 Å². The Kier molecular flexibility index (Phi) is 6.03. The van der Waals surface area contributed by atoms with Gasteiger partial charge in [-0.05, 0) is 32.8 Å². The van der Waals surface area contributed by atoms with Gasteiger partial charge in [-0.1, -0.05) is 37.3 Å². The first-order valence-corrected chi connectivity index (χ1v) is 7.03. The number of nitrogens with one attached hydrogen (secondary N) is 1. The van der Waals surface area contributed by atoms with Crippen LogP contribution >= 0.6 is 0 Å². The van der Waals surface area contributed by atoms with E-state index in [1.54, 1.807) is 0 Å². The number of carbonyl (C=O) groups is 1. The van der Waals surface area contributed by atoms with Crippen molar-refractivity contribution in [2.45, 2.75) is 52.1 Å². The zero-order chi connectivity index (χ0) is 14.3. The lowest BCUT2D eigenvalue weighted by Crippen LogP contribution is -2.56. The van der Waals surface area contributed by atoms with Gasteiger partial charge in [0.25, 0.3) is 0 Å². The van der Waals surface area contributed by atoms with Crippen molar-refractivity contribution in [1.82, 2.24) is 5.32 Å². The van der Waals surface area contributed by atoms with Crippen LogP contribution < -0.4 is 5.32 Å². The standard InChI is InChI=1S/C16H25NO2/c1-5-16(17-13(3)4,15(18)19-6-2)12-14-10-8-7-9-11-14/h7-11,13,17H,5-6,12H2,1-4H3. The predicted octanol–water partition coefficient (Wildman–Crippen LogP) is 2.94. The summed E-state index contributed by atoms with van der Waals surface area (Å²) in [6.45, 7) is 8.38. The van der Waals surface area contributed by atoms with Gasteiger partial charge in [-0.3, -0.25) is 10.1 Å². The van der Waals surface area contributed by atoms with Crippen LogP contribution in [0.2, 0.25) is 0 Å². The summed E-state index contributed by atoms with van der Waals surface area (Å²) in [6.07, 6.45) is 1.36. The van der Waals surface area contributed by atoms with E-state index in [1.807, 2.05) is 44.2 Å². The van der Waals surface area contributed by atoms with Crippen LogP contribution in [0.15, 0.2) is 30.3 Å². The number of carbonyl (C=O) groups excluding carboxylic acids is 1. The van der Waals surface area contributed by atoms with Crippen molar-refractivity contribution in [2.75, 3.05) is 6.61 Å². The van der Waals surface area contributed by atoms with Crippen molar-refractivity contribution >= 4 is 5.97 Å². The monoisotopic (exact) mass is 263 g/mol.